The Morgan fingerprint density at radius 2 is 1.84 bits per heavy atom. The van der Waals surface area contributed by atoms with Crippen molar-refractivity contribution in [1.82, 2.24) is 14.9 Å². The van der Waals surface area contributed by atoms with Crippen LogP contribution in [0, 0.1) is 0 Å². The standard InChI is InChI=1S/C25H20N4O3/c1-32-17-10-8-16(9-11-17)28-24(30)21-13-19-18-6-2-3-7-20(18)27-22(19)23(29(21)25(28)31)15-5-4-12-26-14-15/h2-12,14,21,23,27H,13H2,1H3/t21-,23-/m1/s1. The number of hydrogen-bond donors (Lipinski definition) is 1. The number of benzene rings is 2. The number of nitrogens with zero attached hydrogens (tertiary/aromatic N) is 3. The van der Waals surface area contributed by atoms with Crippen LogP contribution in [0.4, 0.5) is 10.5 Å². The summed E-state index contributed by atoms with van der Waals surface area (Å²) >= 11 is 0. The number of fused-ring (bicyclic) bond motifs is 4. The van der Waals surface area contributed by atoms with Crippen molar-refractivity contribution in [3.63, 3.8) is 0 Å². The molecule has 7 nitrogen and oxygen atoms in total. The Kier molecular flexibility index (Phi) is 4.04. The fraction of sp³-hybridized carbons (Fsp3) is 0.160. The van der Waals surface area contributed by atoms with Gasteiger partial charge in [-0.2, -0.15) is 0 Å². The molecular formula is C25H20N4O3. The van der Waals surface area contributed by atoms with Gasteiger partial charge in [-0.15, -0.1) is 0 Å². The molecule has 2 aliphatic heterocycles. The smallest absolute Gasteiger partial charge is 0.332 e. The van der Waals surface area contributed by atoms with Gasteiger partial charge in [-0.25, -0.2) is 9.69 Å². The molecule has 2 atom stereocenters. The van der Waals surface area contributed by atoms with Crippen molar-refractivity contribution in [2.45, 2.75) is 18.5 Å². The number of imide groups is 1. The molecular weight excluding hydrogens is 404 g/mol. The second-order valence-corrected chi connectivity index (χ2v) is 8.03. The van der Waals surface area contributed by atoms with Gasteiger partial charge in [0.25, 0.3) is 5.91 Å². The number of anilines is 1. The third-order valence-corrected chi connectivity index (χ3v) is 6.38. The van der Waals surface area contributed by atoms with E-state index >= 15 is 0 Å². The van der Waals surface area contributed by atoms with Gasteiger partial charge < -0.3 is 9.72 Å². The molecule has 1 saturated heterocycles. The Morgan fingerprint density at radius 3 is 2.59 bits per heavy atom. The zero-order valence-corrected chi connectivity index (χ0v) is 17.4. The highest BCUT2D eigenvalue weighted by Crippen LogP contribution is 2.44. The second kappa shape index (κ2) is 6.95. The van der Waals surface area contributed by atoms with Crippen molar-refractivity contribution in [2.75, 3.05) is 12.0 Å². The van der Waals surface area contributed by atoms with Crippen LogP contribution in [-0.4, -0.2) is 40.0 Å². The highest BCUT2D eigenvalue weighted by atomic mass is 16.5. The Morgan fingerprint density at radius 1 is 1.03 bits per heavy atom. The van der Waals surface area contributed by atoms with E-state index in [0.717, 1.165) is 27.7 Å². The number of rotatable bonds is 3. The first kappa shape index (κ1) is 18.6. The molecule has 32 heavy (non-hydrogen) atoms. The van der Waals surface area contributed by atoms with Crippen LogP contribution in [0.5, 0.6) is 5.75 Å². The SMILES string of the molecule is COc1ccc(N2C(=O)[C@H]3Cc4c([nH]c5ccccc45)[C@@H](c4cccnc4)N3C2=O)cc1. The number of aromatic amines is 1. The monoisotopic (exact) mass is 424 g/mol. The molecule has 2 aromatic carbocycles. The molecule has 1 N–H and O–H groups in total. The van der Waals surface area contributed by atoms with Gasteiger partial charge in [0.1, 0.15) is 17.8 Å². The summed E-state index contributed by atoms with van der Waals surface area (Å²) in [6.07, 6.45) is 3.93. The minimum Gasteiger partial charge on any atom is -0.497 e. The van der Waals surface area contributed by atoms with Crippen LogP contribution < -0.4 is 9.64 Å². The minimum atomic E-state index is -0.582. The molecule has 0 spiro atoms. The van der Waals surface area contributed by atoms with Crippen molar-refractivity contribution in [2.24, 2.45) is 0 Å². The minimum absolute atomic E-state index is 0.218. The molecule has 0 radical (unpaired) electrons. The second-order valence-electron chi connectivity index (χ2n) is 8.03. The van der Waals surface area contributed by atoms with Crippen LogP contribution in [0.25, 0.3) is 10.9 Å². The molecule has 6 rings (SSSR count). The van der Waals surface area contributed by atoms with E-state index in [-0.39, 0.29) is 11.9 Å². The zero-order chi connectivity index (χ0) is 21.8. The topological polar surface area (TPSA) is 78.5 Å². The molecule has 0 bridgehead atoms. The van der Waals surface area contributed by atoms with Crippen LogP contribution in [0.2, 0.25) is 0 Å². The quantitative estimate of drug-likeness (QED) is 0.503. The Bertz CT molecular complexity index is 1350. The first-order chi connectivity index (χ1) is 15.7. The fourth-order valence-electron chi connectivity index (χ4n) is 4.93. The summed E-state index contributed by atoms with van der Waals surface area (Å²) in [4.78, 5) is 38.0. The lowest BCUT2D eigenvalue weighted by atomic mass is 9.89. The zero-order valence-electron chi connectivity index (χ0n) is 17.4. The first-order valence-electron chi connectivity index (χ1n) is 10.5. The van der Waals surface area contributed by atoms with E-state index in [1.54, 1.807) is 48.7 Å². The summed E-state index contributed by atoms with van der Waals surface area (Å²) < 4.78 is 5.22. The molecule has 7 heteroatoms. The largest absolute Gasteiger partial charge is 0.497 e. The Labute approximate surface area is 184 Å². The number of amides is 3. The van der Waals surface area contributed by atoms with E-state index in [1.807, 2.05) is 30.3 Å². The normalized spacial score (nSPS) is 19.9. The number of carbonyl (C=O) groups is 2. The van der Waals surface area contributed by atoms with Gasteiger partial charge in [0.15, 0.2) is 0 Å². The predicted octanol–water partition coefficient (Wildman–Crippen LogP) is 4.05. The summed E-state index contributed by atoms with van der Waals surface area (Å²) in [5, 5.41) is 1.08. The van der Waals surface area contributed by atoms with E-state index in [1.165, 1.54) is 4.90 Å². The maximum Gasteiger partial charge on any atom is 0.332 e. The van der Waals surface area contributed by atoms with Crippen LogP contribution in [0.3, 0.4) is 0 Å². The van der Waals surface area contributed by atoms with E-state index < -0.39 is 12.1 Å². The number of carbonyl (C=O) groups excluding carboxylic acids is 2. The summed E-state index contributed by atoms with van der Waals surface area (Å²) in [5.74, 6) is 0.449. The number of para-hydroxylation sites is 1. The van der Waals surface area contributed by atoms with Crippen molar-refractivity contribution >= 4 is 28.5 Å². The average Bonchev–Trinajstić information content (AvgIpc) is 3.33. The maximum atomic E-state index is 13.7. The Balaban J connectivity index is 1.51. The number of urea groups is 1. The summed E-state index contributed by atoms with van der Waals surface area (Å²) in [5.41, 5.74) is 4.41. The summed E-state index contributed by atoms with van der Waals surface area (Å²) in [6, 6.07) is 17.5. The Hall–Kier alpha value is -4.13. The number of pyridine rings is 1. The lowest BCUT2D eigenvalue weighted by Gasteiger charge is -2.35. The van der Waals surface area contributed by atoms with Crippen LogP contribution >= 0.6 is 0 Å². The average molecular weight is 424 g/mol. The lowest BCUT2D eigenvalue weighted by Crippen LogP contribution is -2.44. The molecule has 0 unspecified atom stereocenters. The number of aromatic nitrogens is 2. The van der Waals surface area contributed by atoms with Crippen molar-refractivity contribution in [1.29, 1.82) is 0 Å². The van der Waals surface area contributed by atoms with Crippen molar-refractivity contribution < 1.29 is 14.3 Å². The van der Waals surface area contributed by atoms with E-state index in [9.17, 15) is 9.59 Å². The number of H-pyrrole nitrogens is 1. The van der Waals surface area contributed by atoms with Gasteiger partial charge >= 0.3 is 6.03 Å². The number of methoxy groups -OCH3 is 1. The molecule has 3 amide bonds. The van der Waals surface area contributed by atoms with E-state index in [0.29, 0.717) is 17.9 Å². The van der Waals surface area contributed by atoms with Gasteiger partial charge in [-0.05, 0) is 47.5 Å². The van der Waals surface area contributed by atoms with E-state index in [4.69, 9.17) is 4.74 Å². The molecule has 1 fully saturated rings. The van der Waals surface area contributed by atoms with Crippen LogP contribution in [0.1, 0.15) is 22.9 Å². The van der Waals surface area contributed by atoms with E-state index in [2.05, 4.69) is 16.0 Å². The van der Waals surface area contributed by atoms with Crippen molar-refractivity contribution in [3.05, 3.63) is 89.9 Å². The number of ether oxygens (including phenoxy) is 1. The maximum absolute atomic E-state index is 13.7. The van der Waals surface area contributed by atoms with Gasteiger partial charge in [-0.3, -0.25) is 14.7 Å². The third-order valence-electron chi connectivity index (χ3n) is 6.38. The molecule has 158 valence electrons. The van der Waals surface area contributed by atoms with Gasteiger partial charge in [0, 0.05) is 35.4 Å². The predicted molar refractivity (Wildman–Crippen MR) is 120 cm³/mol. The van der Waals surface area contributed by atoms with Crippen LogP contribution in [-0.2, 0) is 11.2 Å². The molecule has 0 aliphatic carbocycles. The highest BCUT2D eigenvalue weighted by molar-refractivity contribution is 6.22. The third kappa shape index (κ3) is 2.57. The summed E-state index contributed by atoms with van der Waals surface area (Å²) in [7, 11) is 1.58. The lowest BCUT2D eigenvalue weighted by molar-refractivity contribution is -0.120. The first-order valence-corrected chi connectivity index (χ1v) is 10.5. The van der Waals surface area contributed by atoms with Gasteiger partial charge in [-0.1, -0.05) is 24.3 Å². The van der Waals surface area contributed by atoms with Gasteiger partial charge in [0.2, 0.25) is 0 Å². The van der Waals surface area contributed by atoms with Gasteiger partial charge in [0.05, 0.1) is 12.8 Å². The fourth-order valence-corrected chi connectivity index (χ4v) is 4.93. The molecule has 4 aromatic rings. The molecule has 2 aromatic heterocycles. The highest BCUT2D eigenvalue weighted by Gasteiger charge is 2.53. The number of nitrogens with one attached hydrogen (secondary N) is 1. The van der Waals surface area contributed by atoms with Crippen molar-refractivity contribution in [3.8, 4) is 5.75 Å². The molecule has 4 heterocycles. The van der Waals surface area contributed by atoms with Crippen LogP contribution in [0.15, 0.2) is 73.1 Å². The number of hydrogen-bond acceptors (Lipinski definition) is 4. The molecule has 0 saturated carbocycles. The molecule has 2 aliphatic rings. The summed E-state index contributed by atoms with van der Waals surface area (Å²) in [6.45, 7) is 0.